The Morgan fingerprint density at radius 2 is 2.00 bits per heavy atom. The molecule has 3 aromatic rings. The number of nitrogens with one attached hydrogen (secondary N) is 1. The second-order valence-corrected chi connectivity index (χ2v) is 6.32. The topological polar surface area (TPSA) is 56.1 Å². The van der Waals surface area contributed by atoms with Crippen molar-refractivity contribution >= 4 is 11.7 Å². The van der Waals surface area contributed by atoms with Gasteiger partial charge in [0, 0.05) is 17.9 Å². The summed E-state index contributed by atoms with van der Waals surface area (Å²) in [4.78, 5) is 12.4. The number of hydrogen-bond donors (Lipinski definition) is 1. The number of hydrogen-bond acceptors (Lipinski definition) is 3. The van der Waals surface area contributed by atoms with Gasteiger partial charge in [-0.25, -0.2) is 9.07 Å². The Bertz CT molecular complexity index is 979. The fourth-order valence-electron chi connectivity index (χ4n) is 3.46. The van der Waals surface area contributed by atoms with Crippen LogP contribution in [0.25, 0.3) is 5.69 Å². The number of benzene rings is 2. The molecule has 1 aliphatic rings. The van der Waals surface area contributed by atoms with Gasteiger partial charge in [-0.2, -0.15) is 5.10 Å². The Morgan fingerprint density at radius 3 is 2.73 bits per heavy atom. The fourth-order valence-corrected chi connectivity index (χ4v) is 3.46. The molecular weight excluding hydrogens is 333 g/mol. The lowest BCUT2D eigenvalue weighted by Gasteiger charge is -2.24. The van der Waals surface area contributed by atoms with E-state index in [9.17, 15) is 9.18 Å². The minimum absolute atomic E-state index is 0.0754. The van der Waals surface area contributed by atoms with Crippen molar-refractivity contribution < 1.29 is 13.9 Å². The van der Waals surface area contributed by atoms with Crippen LogP contribution >= 0.6 is 0 Å². The third-order valence-corrected chi connectivity index (χ3v) is 4.67. The Kier molecular flexibility index (Phi) is 3.95. The van der Waals surface area contributed by atoms with Gasteiger partial charge in [-0.05, 0) is 48.9 Å². The van der Waals surface area contributed by atoms with Crippen LogP contribution in [0.4, 0.5) is 10.2 Å². The Hall–Kier alpha value is -3.15. The first-order valence-corrected chi connectivity index (χ1v) is 8.36. The summed E-state index contributed by atoms with van der Waals surface area (Å²) in [6.07, 6.45) is 0.343. The van der Waals surface area contributed by atoms with Crippen LogP contribution in [0.15, 0.2) is 48.5 Å². The van der Waals surface area contributed by atoms with Gasteiger partial charge in [0.15, 0.2) is 0 Å². The summed E-state index contributed by atoms with van der Waals surface area (Å²) in [6, 6.07) is 13.8. The molecule has 0 unspecified atom stereocenters. The molecule has 0 bridgehead atoms. The summed E-state index contributed by atoms with van der Waals surface area (Å²) in [5.74, 6) is 0.887. The number of rotatable bonds is 3. The van der Waals surface area contributed by atoms with Gasteiger partial charge >= 0.3 is 0 Å². The molecule has 0 saturated heterocycles. The van der Waals surface area contributed by atoms with Crippen molar-refractivity contribution in [2.24, 2.45) is 0 Å². The summed E-state index contributed by atoms with van der Waals surface area (Å²) >= 11 is 0. The molecule has 6 heteroatoms. The predicted molar refractivity (Wildman–Crippen MR) is 96.3 cm³/mol. The molecule has 1 N–H and O–H groups in total. The highest BCUT2D eigenvalue weighted by Gasteiger charge is 2.32. The molecule has 26 heavy (non-hydrogen) atoms. The minimum atomic E-state index is -0.315. The van der Waals surface area contributed by atoms with Gasteiger partial charge in [0.25, 0.3) is 0 Å². The van der Waals surface area contributed by atoms with E-state index >= 15 is 0 Å². The maximum absolute atomic E-state index is 13.3. The average molecular weight is 351 g/mol. The van der Waals surface area contributed by atoms with E-state index in [0.29, 0.717) is 17.9 Å². The molecule has 5 nitrogen and oxygen atoms in total. The molecule has 2 heterocycles. The highest BCUT2D eigenvalue weighted by atomic mass is 19.1. The predicted octanol–water partition coefficient (Wildman–Crippen LogP) is 3.80. The molecule has 2 aromatic carbocycles. The SMILES string of the molecule is COc1cccc([C@H]2CC(=O)Nc3c2c(C)nn3-c2ccc(F)cc2)c1. The first kappa shape index (κ1) is 16.3. The quantitative estimate of drug-likeness (QED) is 0.781. The van der Waals surface area contributed by atoms with E-state index in [-0.39, 0.29) is 17.6 Å². The van der Waals surface area contributed by atoms with E-state index in [1.807, 2.05) is 31.2 Å². The molecular formula is C20H18FN3O2. The highest BCUT2D eigenvalue weighted by molar-refractivity contribution is 5.95. The Balaban J connectivity index is 1.85. The van der Waals surface area contributed by atoms with E-state index in [1.165, 1.54) is 12.1 Å². The summed E-state index contributed by atoms with van der Waals surface area (Å²) < 4.78 is 20.2. The fraction of sp³-hybridized carbons (Fsp3) is 0.200. The average Bonchev–Trinajstić information content (AvgIpc) is 2.98. The van der Waals surface area contributed by atoms with Crippen LogP contribution in [0, 0.1) is 12.7 Å². The number of ether oxygens (including phenoxy) is 1. The van der Waals surface area contributed by atoms with E-state index < -0.39 is 0 Å². The van der Waals surface area contributed by atoms with E-state index in [2.05, 4.69) is 10.4 Å². The number of carbonyl (C=O) groups excluding carboxylic acids is 1. The molecule has 1 aromatic heterocycles. The zero-order chi connectivity index (χ0) is 18.3. The van der Waals surface area contributed by atoms with Crippen molar-refractivity contribution in [3.05, 3.63) is 71.2 Å². The molecule has 0 spiro atoms. The number of halogens is 1. The van der Waals surface area contributed by atoms with Gasteiger partial charge in [-0.1, -0.05) is 12.1 Å². The number of nitrogens with zero attached hydrogens (tertiary/aromatic N) is 2. The Labute approximate surface area is 150 Å². The van der Waals surface area contributed by atoms with Crippen LogP contribution in [0.2, 0.25) is 0 Å². The van der Waals surface area contributed by atoms with Crippen molar-refractivity contribution in [1.29, 1.82) is 0 Å². The molecule has 132 valence electrons. The molecule has 4 rings (SSSR count). The van der Waals surface area contributed by atoms with Gasteiger partial charge in [-0.3, -0.25) is 4.79 Å². The van der Waals surface area contributed by atoms with Crippen LogP contribution in [-0.2, 0) is 4.79 Å². The number of aryl methyl sites for hydroxylation is 1. The van der Waals surface area contributed by atoms with Crippen LogP contribution in [0.5, 0.6) is 5.75 Å². The second kappa shape index (κ2) is 6.29. The number of methoxy groups -OCH3 is 1. The summed E-state index contributed by atoms with van der Waals surface area (Å²) in [6.45, 7) is 1.92. The maximum atomic E-state index is 13.3. The van der Waals surface area contributed by atoms with Gasteiger partial charge in [0.05, 0.1) is 18.5 Å². The lowest BCUT2D eigenvalue weighted by atomic mass is 9.85. The largest absolute Gasteiger partial charge is 0.497 e. The minimum Gasteiger partial charge on any atom is -0.497 e. The first-order chi connectivity index (χ1) is 12.6. The monoisotopic (exact) mass is 351 g/mol. The van der Waals surface area contributed by atoms with Crippen LogP contribution in [-0.4, -0.2) is 22.8 Å². The molecule has 0 saturated carbocycles. The van der Waals surface area contributed by atoms with Crippen LogP contribution < -0.4 is 10.1 Å². The highest BCUT2D eigenvalue weighted by Crippen LogP contribution is 2.40. The van der Waals surface area contributed by atoms with E-state index in [4.69, 9.17) is 4.74 Å². The van der Waals surface area contributed by atoms with Gasteiger partial charge < -0.3 is 10.1 Å². The van der Waals surface area contributed by atoms with Gasteiger partial charge in [0.1, 0.15) is 17.4 Å². The lowest BCUT2D eigenvalue weighted by Crippen LogP contribution is -2.25. The number of aromatic nitrogens is 2. The number of carbonyl (C=O) groups is 1. The zero-order valence-electron chi connectivity index (χ0n) is 14.5. The van der Waals surface area contributed by atoms with Crippen molar-refractivity contribution in [3.63, 3.8) is 0 Å². The smallest absolute Gasteiger partial charge is 0.226 e. The Morgan fingerprint density at radius 1 is 1.23 bits per heavy atom. The molecule has 1 amide bonds. The van der Waals surface area contributed by atoms with Crippen molar-refractivity contribution in [1.82, 2.24) is 9.78 Å². The third kappa shape index (κ3) is 2.73. The normalized spacial score (nSPS) is 16.1. The molecule has 1 aliphatic heterocycles. The standard InChI is InChI=1S/C20H18FN3O2/c1-12-19-17(13-4-3-5-16(10-13)26-2)11-18(25)22-20(19)24(23-12)15-8-6-14(21)7-9-15/h3-10,17H,11H2,1-2H3,(H,22,25)/t17-/m1/s1. The molecule has 0 aliphatic carbocycles. The molecule has 0 radical (unpaired) electrons. The summed E-state index contributed by atoms with van der Waals surface area (Å²) in [5, 5.41) is 7.52. The van der Waals surface area contributed by atoms with Gasteiger partial charge in [0.2, 0.25) is 5.91 Å². The number of amides is 1. The molecule has 0 fully saturated rings. The van der Waals surface area contributed by atoms with Crippen molar-refractivity contribution in [2.75, 3.05) is 12.4 Å². The third-order valence-electron chi connectivity index (χ3n) is 4.67. The van der Waals surface area contributed by atoms with E-state index in [0.717, 1.165) is 22.6 Å². The van der Waals surface area contributed by atoms with Crippen LogP contribution in [0.1, 0.15) is 29.2 Å². The summed E-state index contributed by atoms with van der Waals surface area (Å²) in [7, 11) is 1.62. The number of anilines is 1. The van der Waals surface area contributed by atoms with Crippen LogP contribution in [0.3, 0.4) is 0 Å². The number of fused-ring (bicyclic) bond motifs is 1. The van der Waals surface area contributed by atoms with E-state index in [1.54, 1.807) is 23.9 Å². The first-order valence-electron chi connectivity index (χ1n) is 8.36. The maximum Gasteiger partial charge on any atom is 0.226 e. The van der Waals surface area contributed by atoms with Crippen molar-refractivity contribution in [2.45, 2.75) is 19.3 Å². The summed E-state index contributed by atoms with van der Waals surface area (Å²) in [5.41, 5.74) is 3.50. The lowest BCUT2D eigenvalue weighted by molar-refractivity contribution is -0.116. The van der Waals surface area contributed by atoms with Crippen molar-refractivity contribution in [3.8, 4) is 11.4 Å². The van der Waals surface area contributed by atoms with Gasteiger partial charge in [-0.15, -0.1) is 0 Å². The second-order valence-electron chi connectivity index (χ2n) is 6.32. The molecule has 1 atom stereocenters. The zero-order valence-corrected chi connectivity index (χ0v) is 14.5.